The van der Waals surface area contributed by atoms with Crippen LogP contribution in [0.1, 0.15) is 29.8 Å². The first kappa shape index (κ1) is 17.1. The van der Waals surface area contributed by atoms with Gasteiger partial charge in [0, 0.05) is 10.5 Å². The zero-order valence-electron chi connectivity index (χ0n) is 14.3. The number of hydrogen-bond donors (Lipinski definition) is 2. The van der Waals surface area contributed by atoms with Gasteiger partial charge in [-0.05, 0) is 49.2 Å². The zero-order valence-corrected chi connectivity index (χ0v) is 16.0. The van der Waals surface area contributed by atoms with Crippen LogP contribution in [-0.2, 0) is 11.2 Å². The lowest BCUT2D eigenvalue weighted by molar-refractivity contribution is -0.115. The fourth-order valence-electron chi connectivity index (χ4n) is 2.76. The number of benzene rings is 2. The highest BCUT2D eigenvalue weighted by molar-refractivity contribution is 8.00. The maximum Gasteiger partial charge on any atom is 0.257 e. The molecule has 132 valence electrons. The third-order valence-corrected chi connectivity index (χ3v) is 6.37. The molecular formula is C19H17N3O2S2. The number of aryl methyl sites for hydroxylation is 1. The second kappa shape index (κ2) is 6.74. The number of amides is 2. The van der Waals surface area contributed by atoms with Gasteiger partial charge in [0.2, 0.25) is 5.91 Å². The van der Waals surface area contributed by atoms with Crippen molar-refractivity contribution in [1.82, 2.24) is 4.98 Å². The number of nitrogens with zero attached hydrogens (tertiary/aromatic N) is 1. The number of carbonyl (C=O) groups excluding carboxylic acids is 2. The lowest BCUT2D eigenvalue weighted by Gasteiger charge is -2.21. The van der Waals surface area contributed by atoms with Gasteiger partial charge in [-0.25, -0.2) is 4.98 Å². The fraction of sp³-hybridized carbons (Fsp3) is 0.211. The minimum absolute atomic E-state index is 0.0436. The predicted molar refractivity (Wildman–Crippen MR) is 107 cm³/mol. The molecule has 1 aliphatic heterocycles. The molecule has 0 radical (unpaired) electrons. The number of aromatic nitrogens is 1. The number of carbonyl (C=O) groups is 2. The van der Waals surface area contributed by atoms with Crippen LogP contribution in [0.25, 0.3) is 10.2 Å². The zero-order chi connectivity index (χ0) is 18.3. The number of anilines is 2. The number of thioether (sulfide) groups is 1. The molecule has 0 unspecified atom stereocenters. The first-order chi connectivity index (χ1) is 12.5. The summed E-state index contributed by atoms with van der Waals surface area (Å²) in [7, 11) is 0. The topological polar surface area (TPSA) is 71.1 Å². The molecule has 0 saturated heterocycles. The third-order valence-electron chi connectivity index (χ3n) is 4.25. The van der Waals surface area contributed by atoms with E-state index in [0.29, 0.717) is 16.4 Å². The lowest BCUT2D eigenvalue weighted by atomic mass is 10.2. The summed E-state index contributed by atoms with van der Waals surface area (Å²) in [6.45, 7) is 3.97. The van der Waals surface area contributed by atoms with Crippen LogP contribution in [0.4, 0.5) is 10.8 Å². The van der Waals surface area contributed by atoms with E-state index in [1.165, 1.54) is 28.7 Å². The molecule has 7 heteroatoms. The molecule has 1 aliphatic rings. The van der Waals surface area contributed by atoms with Gasteiger partial charge in [-0.1, -0.05) is 24.3 Å². The van der Waals surface area contributed by atoms with Gasteiger partial charge in [0.1, 0.15) is 0 Å². The van der Waals surface area contributed by atoms with Gasteiger partial charge in [0.15, 0.2) is 5.13 Å². The predicted octanol–water partition coefficient (Wildman–Crippen LogP) is 4.54. The smallest absolute Gasteiger partial charge is 0.257 e. The minimum atomic E-state index is -0.236. The Morgan fingerprint density at radius 1 is 1.27 bits per heavy atom. The van der Waals surface area contributed by atoms with Crippen LogP contribution in [0.3, 0.4) is 0 Å². The molecule has 1 aromatic heterocycles. The number of nitrogens with one attached hydrogen (secondary N) is 2. The molecule has 0 aliphatic carbocycles. The van der Waals surface area contributed by atoms with Crippen LogP contribution in [0.5, 0.6) is 0 Å². The molecule has 0 bridgehead atoms. The van der Waals surface area contributed by atoms with Crippen molar-refractivity contribution in [2.75, 3.05) is 10.6 Å². The van der Waals surface area contributed by atoms with Crippen LogP contribution in [0.2, 0.25) is 0 Å². The average Bonchev–Trinajstić information content (AvgIpc) is 3.03. The molecule has 5 nitrogen and oxygen atoms in total. The van der Waals surface area contributed by atoms with Gasteiger partial charge in [-0.2, -0.15) is 0 Å². The van der Waals surface area contributed by atoms with Gasteiger partial charge >= 0.3 is 0 Å². The van der Waals surface area contributed by atoms with Crippen molar-refractivity contribution in [3.8, 4) is 0 Å². The Morgan fingerprint density at radius 3 is 2.92 bits per heavy atom. The number of hydrogen-bond acceptors (Lipinski definition) is 5. The van der Waals surface area contributed by atoms with E-state index in [2.05, 4.69) is 34.7 Å². The quantitative estimate of drug-likeness (QED) is 0.696. The van der Waals surface area contributed by atoms with Crippen LogP contribution in [0.15, 0.2) is 41.3 Å². The first-order valence-electron chi connectivity index (χ1n) is 8.36. The van der Waals surface area contributed by atoms with Crippen molar-refractivity contribution in [2.45, 2.75) is 30.4 Å². The Kier molecular flexibility index (Phi) is 4.42. The van der Waals surface area contributed by atoms with Crippen LogP contribution < -0.4 is 10.6 Å². The molecular weight excluding hydrogens is 366 g/mol. The summed E-state index contributed by atoms with van der Waals surface area (Å²) in [6, 6.07) is 11.5. The summed E-state index contributed by atoms with van der Waals surface area (Å²) in [5.74, 6) is -0.279. The van der Waals surface area contributed by atoms with E-state index in [0.717, 1.165) is 21.5 Å². The Labute approximate surface area is 159 Å². The van der Waals surface area contributed by atoms with Gasteiger partial charge in [0.25, 0.3) is 5.91 Å². The van der Waals surface area contributed by atoms with E-state index in [-0.39, 0.29) is 17.1 Å². The number of rotatable bonds is 3. The monoisotopic (exact) mass is 383 g/mol. The molecule has 0 fully saturated rings. The molecule has 2 N–H and O–H groups in total. The highest BCUT2D eigenvalue weighted by Crippen LogP contribution is 2.36. The lowest BCUT2D eigenvalue weighted by Crippen LogP contribution is -2.26. The van der Waals surface area contributed by atoms with Crippen LogP contribution in [-0.4, -0.2) is 22.0 Å². The molecule has 2 amide bonds. The van der Waals surface area contributed by atoms with E-state index < -0.39 is 0 Å². The highest BCUT2D eigenvalue weighted by Gasteiger charge is 2.24. The number of fused-ring (bicyclic) bond motifs is 2. The van der Waals surface area contributed by atoms with Crippen LogP contribution >= 0.6 is 23.1 Å². The molecule has 26 heavy (non-hydrogen) atoms. The summed E-state index contributed by atoms with van der Waals surface area (Å²) in [5, 5.41) is 6.16. The van der Waals surface area contributed by atoms with Crippen molar-refractivity contribution in [1.29, 1.82) is 0 Å². The first-order valence-corrected chi connectivity index (χ1v) is 10.1. The van der Waals surface area contributed by atoms with Crippen molar-refractivity contribution in [3.05, 3.63) is 47.5 Å². The van der Waals surface area contributed by atoms with E-state index in [4.69, 9.17) is 0 Å². The largest absolute Gasteiger partial charge is 0.324 e. The van der Waals surface area contributed by atoms with Gasteiger partial charge in [-0.3, -0.25) is 14.9 Å². The van der Waals surface area contributed by atoms with E-state index in [1.54, 1.807) is 12.1 Å². The normalized spacial score (nSPS) is 16.2. The van der Waals surface area contributed by atoms with Crippen LogP contribution in [0, 0.1) is 0 Å². The second-order valence-corrected chi connectivity index (χ2v) is 8.50. The summed E-state index contributed by atoms with van der Waals surface area (Å²) in [5.41, 5.74) is 3.30. The maximum atomic E-state index is 12.6. The van der Waals surface area contributed by atoms with Crippen molar-refractivity contribution in [2.24, 2.45) is 0 Å². The second-order valence-electron chi connectivity index (χ2n) is 6.09. The maximum absolute atomic E-state index is 12.6. The Morgan fingerprint density at radius 2 is 2.12 bits per heavy atom. The summed E-state index contributed by atoms with van der Waals surface area (Å²) in [4.78, 5) is 29.9. The molecule has 0 saturated carbocycles. The summed E-state index contributed by atoms with van der Waals surface area (Å²) < 4.78 is 1.06. The Hall–Kier alpha value is -2.38. The molecule has 4 rings (SSSR count). The highest BCUT2D eigenvalue weighted by atomic mass is 32.2. The molecule has 2 aromatic carbocycles. The van der Waals surface area contributed by atoms with Crippen molar-refractivity contribution >= 4 is 55.9 Å². The standard InChI is InChI=1S/C19H17N3O2S2/c1-3-11-4-6-13-16(8-11)26-19(21-13)22-18(24)12-5-7-15-14(9-12)20-17(23)10(2)25-15/h4-10H,3H2,1-2H3,(H,20,23)(H,21,22,24)/t10-/m1/s1. The van der Waals surface area contributed by atoms with Gasteiger partial charge < -0.3 is 5.32 Å². The van der Waals surface area contributed by atoms with Crippen molar-refractivity contribution < 1.29 is 9.59 Å². The van der Waals surface area contributed by atoms with E-state index in [1.807, 2.05) is 19.1 Å². The summed E-state index contributed by atoms with van der Waals surface area (Å²) in [6.07, 6.45) is 0.965. The Balaban J connectivity index is 1.57. The molecule has 1 atom stereocenters. The molecule has 3 aromatic rings. The third kappa shape index (κ3) is 3.20. The van der Waals surface area contributed by atoms with E-state index >= 15 is 0 Å². The SMILES string of the molecule is CCc1ccc2nc(NC(=O)c3ccc4c(c3)NC(=O)[C@@H](C)S4)sc2c1. The molecule has 2 heterocycles. The van der Waals surface area contributed by atoms with Gasteiger partial charge in [0.05, 0.1) is 21.2 Å². The fourth-order valence-corrected chi connectivity index (χ4v) is 4.62. The number of thiazole rings is 1. The minimum Gasteiger partial charge on any atom is -0.324 e. The van der Waals surface area contributed by atoms with Gasteiger partial charge in [-0.15, -0.1) is 11.8 Å². The molecule has 0 spiro atoms. The van der Waals surface area contributed by atoms with E-state index in [9.17, 15) is 9.59 Å². The average molecular weight is 383 g/mol. The van der Waals surface area contributed by atoms with Crippen molar-refractivity contribution in [3.63, 3.8) is 0 Å². The Bertz CT molecular complexity index is 1030. The summed E-state index contributed by atoms with van der Waals surface area (Å²) >= 11 is 2.96.